The van der Waals surface area contributed by atoms with Crippen LogP contribution in [0, 0.1) is 12.8 Å². The van der Waals surface area contributed by atoms with E-state index >= 15 is 0 Å². The normalized spacial score (nSPS) is 15.8. The third-order valence-electron chi connectivity index (χ3n) is 3.01. The van der Waals surface area contributed by atoms with Gasteiger partial charge >= 0.3 is 5.91 Å². The molecule has 4 nitrogen and oxygen atoms in total. The molecule has 0 radical (unpaired) electrons. The van der Waals surface area contributed by atoms with E-state index in [-0.39, 0.29) is 5.91 Å². The Balaban J connectivity index is 1.89. The number of nitrogens with zero attached hydrogens (tertiary/aromatic N) is 2. The molecule has 0 bridgehead atoms. The van der Waals surface area contributed by atoms with Crippen LogP contribution in [-0.2, 0) is 11.3 Å². The number of carbonyl (C=O) groups excluding carboxylic acids is 1. The summed E-state index contributed by atoms with van der Waals surface area (Å²) in [5.41, 5.74) is 4.70. The molecule has 17 heavy (non-hydrogen) atoms. The van der Waals surface area contributed by atoms with E-state index in [1.165, 1.54) is 12.8 Å². The van der Waals surface area contributed by atoms with Crippen molar-refractivity contribution >= 4 is 11.6 Å². The first kappa shape index (κ1) is 11.8. The van der Waals surface area contributed by atoms with Crippen molar-refractivity contribution in [1.82, 2.24) is 5.43 Å². The number of hydrazone groups is 1. The molecule has 1 saturated carbocycles. The highest BCUT2D eigenvalue weighted by atomic mass is 16.2. The van der Waals surface area contributed by atoms with Crippen LogP contribution in [0.25, 0.3) is 0 Å². The topological polar surface area (TPSA) is 45.3 Å². The highest BCUT2D eigenvalue weighted by Gasteiger charge is 2.24. The summed E-state index contributed by atoms with van der Waals surface area (Å²) in [5.74, 6) is 0.519. The number of aromatic nitrogens is 1. The summed E-state index contributed by atoms with van der Waals surface area (Å²) in [6.45, 7) is 4.26. The molecule has 0 aliphatic heterocycles. The standard InChI is InChI=1S/C13H17N3O/c1-10-5-3-4-8-16(10)9-13(17)15-14-11(2)12-6-7-12/h3-5,8,12H,6-7,9H2,1-2H3/p+1. The molecule has 0 aromatic carbocycles. The number of pyridine rings is 1. The molecular weight excluding hydrogens is 214 g/mol. The van der Waals surface area contributed by atoms with Gasteiger partial charge in [0.2, 0.25) is 6.54 Å². The Morgan fingerprint density at radius 3 is 2.94 bits per heavy atom. The van der Waals surface area contributed by atoms with Crippen molar-refractivity contribution in [1.29, 1.82) is 0 Å². The second kappa shape index (κ2) is 5.08. The Kier molecular flexibility index (Phi) is 3.52. The summed E-state index contributed by atoms with van der Waals surface area (Å²) in [6.07, 6.45) is 4.31. The average molecular weight is 232 g/mol. The SMILES string of the molecule is CC(=NNC(=O)C[n+]1ccccc1C)C1CC1. The van der Waals surface area contributed by atoms with Crippen molar-refractivity contribution in [3.05, 3.63) is 30.1 Å². The second-order valence-corrected chi connectivity index (χ2v) is 4.53. The lowest BCUT2D eigenvalue weighted by Gasteiger charge is -2.00. The molecule has 4 heteroatoms. The zero-order chi connectivity index (χ0) is 12.3. The molecule has 1 aliphatic carbocycles. The van der Waals surface area contributed by atoms with E-state index in [1.807, 2.05) is 42.8 Å². The van der Waals surface area contributed by atoms with Crippen LogP contribution in [0.15, 0.2) is 29.5 Å². The molecule has 1 heterocycles. The Morgan fingerprint density at radius 2 is 2.29 bits per heavy atom. The minimum absolute atomic E-state index is 0.0794. The van der Waals surface area contributed by atoms with Crippen LogP contribution >= 0.6 is 0 Å². The van der Waals surface area contributed by atoms with Gasteiger partial charge < -0.3 is 0 Å². The maximum absolute atomic E-state index is 11.7. The monoisotopic (exact) mass is 232 g/mol. The first-order chi connectivity index (χ1) is 8.16. The van der Waals surface area contributed by atoms with Crippen LogP contribution in [0.2, 0.25) is 0 Å². The van der Waals surface area contributed by atoms with Crippen LogP contribution in [-0.4, -0.2) is 11.6 Å². The number of rotatable bonds is 4. The highest BCUT2D eigenvalue weighted by molar-refractivity contribution is 5.87. The number of amides is 1. The number of nitrogens with one attached hydrogen (secondary N) is 1. The highest BCUT2D eigenvalue weighted by Crippen LogP contribution is 2.30. The quantitative estimate of drug-likeness (QED) is 0.473. The Bertz CT molecular complexity index is 450. The van der Waals surface area contributed by atoms with E-state index in [9.17, 15) is 4.79 Å². The molecule has 1 amide bonds. The van der Waals surface area contributed by atoms with Crippen LogP contribution in [0.4, 0.5) is 0 Å². The maximum Gasteiger partial charge on any atom is 0.305 e. The Labute approximate surface area is 101 Å². The Hall–Kier alpha value is -1.71. The molecule has 2 rings (SSSR count). The molecule has 1 fully saturated rings. The van der Waals surface area contributed by atoms with Crippen LogP contribution in [0.5, 0.6) is 0 Å². The number of hydrogen-bond acceptors (Lipinski definition) is 2. The summed E-state index contributed by atoms with van der Waals surface area (Å²) >= 11 is 0. The van der Waals surface area contributed by atoms with Gasteiger partial charge in [0.25, 0.3) is 0 Å². The molecule has 90 valence electrons. The summed E-state index contributed by atoms with van der Waals surface area (Å²) < 4.78 is 1.90. The van der Waals surface area contributed by atoms with Crippen LogP contribution < -0.4 is 9.99 Å². The average Bonchev–Trinajstić information content (AvgIpc) is 3.13. The first-order valence-electron chi connectivity index (χ1n) is 5.95. The van der Waals surface area contributed by atoms with Gasteiger partial charge in [-0.3, -0.25) is 4.79 Å². The molecule has 1 aliphatic rings. The van der Waals surface area contributed by atoms with Crippen LogP contribution in [0.1, 0.15) is 25.5 Å². The molecule has 0 unspecified atom stereocenters. The van der Waals surface area contributed by atoms with Gasteiger partial charge in [0, 0.05) is 24.8 Å². The van der Waals surface area contributed by atoms with E-state index < -0.39 is 0 Å². The molecule has 1 aromatic heterocycles. The van der Waals surface area contributed by atoms with Gasteiger partial charge in [0.15, 0.2) is 11.9 Å². The number of carbonyl (C=O) groups is 1. The molecule has 1 N–H and O–H groups in total. The lowest BCUT2D eigenvalue weighted by atomic mass is 10.3. The second-order valence-electron chi connectivity index (χ2n) is 4.53. The predicted octanol–water partition coefficient (Wildman–Crippen LogP) is 1.18. The predicted molar refractivity (Wildman–Crippen MR) is 65.3 cm³/mol. The van der Waals surface area contributed by atoms with Gasteiger partial charge in [-0.2, -0.15) is 9.67 Å². The lowest BCUT2D eigenvalue weighted by molar-refractivity contribution is -0.690. The summed E-state index contributed by atoms with van der Waals surface area (Å²) in [5, 5.41) is 4.12. The minimum Gasteiger partial charge on any atom is -0.266 e. The first-order valence-corrected chi connectivity index (χ1v) is 5.95. The molecule has 0 atom stereocenters. The third kappa shape index (κ3) is 3.37. The van der Waals surface area contributed by atoms with Gasteiger partial charge in [-0.1, -0.05) is 6.07 Å². The number of hydrogen-bond donors (Lipinski definition) is 1. The van der Waals surface area contributed by atoms with Crippen molar-refractivity contribution in [2.75, 3.05) is 0 Å². The summed E-state index contributed by atoms with van der Waals surface area (Å²) in [7, 11) is 0. The maximum atomic E-state index is 11.7. The Morgan fingerprint density at radius 1 is 1.53 bits per heavy atom. The van der Waals surface area contributed by atoms with E-state index in [1.54, 1.807) is 0 Å². The summed E-state index contributed by atoms with van der Waals surface area (Å²) in [4.78, 5) is 11.7. The third-order valence-corrected chi connectivity index (χ3v) is 3.01. The van der Waals surface area contributed by atoms with Crippen molar-refractivity contribution in [2.45, 2.75) is 33.2 Å². The van der Waals surface area contributed by atoms with Gasteiger partial charge in [0.05, 0.1) is 0 Å². The summed E-state index contributed by atoms with van der Waals surface area (Å²) in [6, 6.07) is 5.85. The fraction of sp³-hybridized carbons (Fsp3) is 0.462. The van der Waals surface area contributed by atoms with Gasteiger partial charge in [0.1, 0.15) is 0 Å². The van der Waals surface area contributed by atoms with Gasteiger partial charge in [-0.05, 0) is 25.7 Å². The minimum atomic E-state index is -0.0794. The largest absolute Gasteiger partial charge is 0.305 e. The zero-order valence-corrected chi connectivity index (χ0v) is 10.3. The molecular formula is C13H18N3O+. The van der Waals surface area contributed by atoms with E-state index in [4.69, 9.17) is 0 Å². The van der Waals surface area contributed by atoms with E-state index in [2.05, 4.69) is 10.5 Å². The lowest BCUT2D eigenvalue weighted by Crippen LogP contribution is -2.43. The number of aryl methyl sites for hydroxylation is 1. The fourth-order valence-electron chi connectivity index (χ4n) is 1.67. The zero-order valence-electron chi connectivity index (χ0n) is 10.3. The smallest absolute Gasteiger partial charge is 0.266 e. The van der Waals surface area contributed by atoms with Crippen molar-refractivity contribution in [3.63, 3.8) is 0 Å². The van der Waals surface area contributed by atoms with Gasteiger partial charge in [-0.25, -0.2) is 5.43 Å². The van der Waals surface area contributed by atoms with Crippen molar-refractivity contribution in [2.24, 2.45) is 11.0 Å². The molecule has 0 saturated heterocycles. The van der Waals surface area contributed by atoms with Crippen LogP contribution in [0.3, 0.4) is 0 Å². The van der Waals surface area contributed by atoms with Crippen molar-refractivity contribution < 1.29 is 9.36 Å². The van der Waals surface area contributed by atoms with Gasteiger partial charge in [-0.15, -0.1) is 0 Å². The molecule has 0 spiro atoms. The fourth-order valence-corrected chi connectivity index (χ4v) is 1.67. The molecule has 1 aromatic rings. The van der Waals surface area contributed by atoms with E-state index in [0.717, 1.165) is 11.4 Å². The van der Waals surface area contributed by atoms with Crippen molar-refractivity contribution in [3.8, 4) is 0 Å². The van der Waals surface area contributed by atoms with E-state index in [0.29, 0.717) is 12.5 Å².